The number of carbonyl (C=O) groups excluding carboxylic acids is 2. The molecule has 0 aromatic heterocycles. The van der Waals surface area contributed by atoms with Crippen LogP contribution >= 0.6 is 57.1 Å². The van der Waals surface area contributed by atoms with Gasteiger partial charge in [0, 0.05) is 26.4 Å². The number of likely N-dealkylation sites (tertiary alicyclic amines) is 2. The third-order valence-corrected chi connectivity index (χ3v) is 17.9. The van der Waals surface area contributed by atoms with Gasteiger partial charge >= 0.3 is 51.7 Å². The van der Waals surface area contributed by atoms with Crippen LogP contribution < -0.4 is 12.4 Å². The minimum Gasteiger partial charge on any atom is -1.00 e. The number of rotatable bonds is 1. The molecule has 38 heavy (non-hydrogen) atoms. The average Bonchev–Trinajstić information content (AvgIpc) is 3.14. The van der Waals surface area contributed by atoms with Crippen molar-refractivity contribution >= 4 is 68.9 Å². The van der Waals surface area contributed by atoms with Gasteiger partial charge in [-0.1, -0.05) is 0 Å². The van der Waals surface area contributed by atoms with Crippen molar-refractivity contribution in [3.8, 4) is 0 Å². The van der Waals surface area contributed by atoms with Crippen molar-refractivity contribution in [1.29, 1.82) is 0 Å². The Labute approximate surface area is 222 Å². The molecule has 0 spiro atoms. The van der Waals surface area contributed by atoms with Gasteiger partial charge in [-0.15, -0.1) is 64.9 Å². The quantitative estimate of drug-likeness (QED) is 0.199. The smallest absolute Gasteiger partial charge is 0.452 e. The van der Waals surface area contributed by atoms with E-state index in [0.29, 0.717) is 5.91 Å². The van der Waals surface area contributed by atoms with Crippen LogP contribution in [0.1, 0.15) is 25.7 Å². The largest absolute Gasteiger partial charge is 1.00 e. The van der Waals surface area contributed by atoms with Crippen molar-refractivity contribution in [2.24, 2.45) is 27.1 Å². The highest BCUT2D eigenvalue weighted by molar-refractivity contribution is 7.93. The number of hydrogen-bond acceptors (Lipinski definition) is 8. The molecule has 0 N–H and O–H groups in total. The summed E-state index contributed by atoms with van der Waals surface area (Å²) in [4.78, 5) is 23.8. The number of hydrogen-bond donors (Lipinski definition) is 0. The molecule has 0 aromatic rings. The van der Waals surface area contributed by atoms with Gasteiger partial charge in [-0.2, -0.15) is 8.45 Å². The second-order valence-electron chi connectivity index (χ2n) is 7.59. The standard InChI is InChI=1S/C5H9F5N4OP3.C5H9NO.ClF5N3P3.ClH/c1-14(4-2-3-5(14)15)18(10)12-16(6,7)11-17(8,9)13-18;1-6-4-2-3-5(6)7;1-10(2)7-11(3,4)9-12(5,6)8-10;/h2-4H2,1H3;2-4H2,1H3;;1H/q+1;;;/p-1. The summed E-state index contributed by atoms with van der Waals surface area (Å²) in [6.07, 6.45) is 2.02. The normalized spacial score (nSPS) is 35.6. The van der Waals surface area contributed by atoms with Gasteiger partial charge in [0.25, 0.3) is 0 Å². The fraction of sp³-hybridized carbons (Fsp3) is 0.800. The zero-order chi connectivity index (χ0) is 28.7. The minimum atomic E-state index is -5.74. The topological polar surface area (TPSA) is 112 Å². The second kappa shape index (κ2) is 12.3. The molecular weight excluding hydrogens is 711 g/mol. The monoisotopic (exact) mass is 728 g/mol. The van der Waals surface area contributed by atoms with Crippen molar-refractivity contribution < 1.29 is 68.2 Å². The van der Waals surface area contributed by atoms with Gasteiger partial charge in [0.2, 0.25) is 5.91 Å². The first-order chi connectivity index (χ1) is 16.4. The van der Waals surface area contributed by atoms with Crippen molar-refractivity contribution in [3.63, 3.8) is 0 Å². The van der Waals surface area contributed by atoms with E-state index in [0.717, 1.165) is 26.4 Å². The highest BCUT2D eigenvalue weighted by Gasteiger charge is 2.57. The average molecular weight is 729 g/mol. The third-order valence-electron chi connectivity index (χ3n) is 4.70. The molecule has 4 heterocycles. The second-order valence-corrected chi connectivity index (χ2v) is 19.6. The van der Waals surface area contributed by atoms with Gasteiger partial charge < -0.3 is 17.3 Å². The maximum atomic E-state index is 14.5. The molecule has 4 rings (SSSR count). The Balaban J connectivity index is 0.000000311. The van der Waals surface area contributed by atoms with Crippen LogP contribution in [-0.2, 0) is 9.59 Å². The van der Waals surface area contributed by atoms with E-state index in [1.807, 2.05) is 20.6 Å². The van der Waals surface area contributed by atoms with Crippen LogP contribution in [-0.4, -0.2) is 48.2 Å². The molecule has 2 fully saturated rings. The first kappa shape index (κ1) is 36.4. The maximum absolute atomic E-state index is 14.5. The predicted octanol–water partition coefficient (Wildman–Crippen LogP) is 8.62. The summed E-state index contributed by atoms with van der Waals surface area (Å²) in [5, 5.41) is 0. The van der Waals surface area contributed by atoms with Gasteiger partial charge in [-0.25, -0.2) is 4.79 Å². The Morgan fingerprint density at radius 1 is 0.737 bits per heavy atom. The molecule has 4 aliphatic heterocycles. The predicted molar refractivity (Wildman–Crippen MR) is 125 cm³/mol. The van der Waals surface area contributed by atoms with Crippen molar-refractivity contribution in [3.05, 3.63) is 0 Å². The molecule has 2 saturated heterocycles. The molecule has 2 amide bonds. The lowest BCUT2D eigenvalue weighted by molar-refractivity contribution is -0.702. The summed E-state index contributed by atoms with van der Waals surface area (Å²) < 4.78 is 140. The Morgan fingerprint density at radius 2 is 1.21 bits per heavy atom. The molecule has 0 saturated carbocycles. The Bertz CT molecular complexity index is 1230. The van der Waals surface area contributed by atoms with E-state index in [2.05, 4.69) is 20.3 Å². The summed E-state index contributed by atoms with van der Waals surface area (Å²) >= 11 is 4.59. The SMILES string of the molecule is CN1CCCC1=O.C[N+]1(P2(F)=NP(F)(F)=NP(F)(F)=N2)CCCC1=O.FP1(F)=NP(F)(F)=NP(F)(Cl)=N1.[Cl-]. The van der Waals surface area contributed by atoms with E-state index in [-0.39, 0.29) is 31.8 Å². The fourth-order valence-corrected chi connectivity index (χ4v) is 15.8. The Kier molecular flexibility index (Phi) is 11.8. The summed E-state index contributed by atoms with van der Waals surface area (Å²) in [6, 6.07) is 0. The molecule has 3 atom stereocenters. The highest BCUT2D eigenvalue weighted by atomic mass is 35.7. The molecule has 0 radical (unpaired) electrons. The van der Waals surface area contributed by atoms with Crippen LogP contribution in [0.2, 0.25) is 0 Å². The van der Waals surface area contributed by atoms with E-state index in [1.54, 1.807) is 9.42 Å². The van der Waals surface area contributed by atoms with Crippen LogP contribution in [0.25, 0.3) is 0 Å². The van der Waals surface area contributed by atoms with Crippen LogP contribution in [0.3, 0.4) is 0 Å². The zero-order valence-electron chi connectivity index (χ0n) is 18.9. The molecule has 0 bridgehead atoms. The summed E-state index contributed by atoms with van der Waals surface area (Å²) in [5.41, 5.74) is 0. The fourth-order valence-electron chi connectivity index (χ4n) is 3.03. The van der Waals surface area contributed by atoms with Gasteiger partial charge in [-0.3, -0.25) is 4.79 Å². The number of amides is 2. The lowest BCUT2D eigenvalue weighted by atomic mass is 10.4. The van der Waals surface area contributed by atoms with E-state index in [1.165, 1.54) is 0 Å². The molecule has 28 heteroatoms. The summed E-state index contributed by atoms with van der Waals surface area (Å²) in [6.45, 7) is -4.04. The molecule has 3 unspecified atom stereocenters. The van der Waals surface area contributed by atoms with Crippen molar-refractivity contribution in [2.75, 3.05) is 27.2 Å². The minimum absolute atomic E-state index is 0. The lowest BCUT2D eigenvalue weighted by Gasteiger charge is -2.30. The van der Waals surface area contributed by atoms with Gasteiger partial charge in [0.1, 0.15) is 0 Å². The maximum Gasteiger partial charge on any atom is 0.452 e. The molecule has 224 valence electrons. The van der Waals surface area contributed by atoms with E-state index in [9.17, 15) is 51.6 Å². The Hall–Kier alpha value is 0.360. The number of carbonyl (C=O) groups is 2. The lowest BCUT2D eigenvalue weighted by Crippen LogP contribution is -3.00. The van der Waals surface area contributed by atoms with Crippen LogP contribution in [0.5, 0.6) is 0 Å². The zero-order valence-corrected chi connectivity index (χ0v) is 25.7. The van der Waals surface area contributed by atoms with Crippen molar-refractivity contribution in [1.82, 2.24) is 4.90 Å². The third kappa shape index (κ3) is 9.73. The molecular formula is C10H18Cl2F10N8O2P6. The van der Waals surface area contributed by atoms with E-state index < -0.39 is 56.0 Å². The first-order valence-corrected chi connectivity index (χ1v) is 19.5. The van der Waals surface area contributed by atoms with Crippen molar-refractivity contribution in [2.45, 2.75) is 25.7 Å². The molecule has 4 aliphatic rings. The first-order valence-electron chi connectivity index (χ1n) is 9.55. The van der Waals surface area contributed by atoms with Gasteiger partial charge in [-0.05, 0) is 17.7 Å². The summed E-state index contributed by atoms with van der Waals surface area (Å²) in [5.74, 6) is -0.430. The van der Waals surface area contributed by atoms with Crippen LogP contribution in [0, 0.1) is 0 Å². The van der Waals surface area contributed by atoms with E-state index >= 15 is 0 Å². The van der Waals surface area contributed by atoms with Gasteiger partial charge in [0.05, 0.1) is 20.0 Å². The summed E-state index contributed by atoms with van der Waals surface area (Å²) in [7, 11) is -24.8. The molecule has 0 aromatic carbocycles. The van der Waals surface area contributed by atoms with Crippen LogP contribution in [0.4, 0.5) is 42.0 Å². The highest BCUT2D eigenvalue weighted by Crippen LogP contribution is 2.84. The van der Waals surface area contributed by atoms with E-state index in [4.69, 9.17) is 0 Å². The van der Waals surface area contributed by atoms with Gasteiger partial charge in [0.15, 0.2) is 0 Å². The molecule has 10 nitrogen and oxygen atoms in total. The number of halogens is 12. The number of quaternary nitrogens is 1. The van der Waals surface area contributed by atoms with Crippen LogP contribution in [0.15, 0.2) is 27.1 Å². The molecule has 0 aliphatic carbocycles. The number of nitrogens with zero attached hydrogens (tertiary/aromatic N) is 8. The Morgan fingerprint density at radius 3 is 1.53 bits per heavy atom.